The zero-order valence-electron chi connectivity index (χ0n) is 10.4. The first-order valence-corrected chi connectivity index (χ1v) is 6.80. The fourth-order valence-electron chi connectivity index (χ4n) is 3.34. The maximum atomic E-state index is 12.8. The Morgan fingerprint density at radius 2 is 1.89 bits per heavy atom. The second-order valence-electron chi connectivity index (χ2n) is 5.48. The highest BCUT2D eigenvalue weighted by molar-refractivity contribution is 6.00. The monoisotopic (exact) mass is 247 g/mol. The number of halogens is 1. The van der Waals surface area contributed by atoms with E-state index in [-0.39, 0.29) is 17.6 Å². The highest BCUT2D eigenvalue weighted by Crippen LogP contribution is 2.34. The predicted octanol–water partition coefficient (Wildman–Crippen LogP) is 2.93. The highest BCUT2D eigenvalue weighted by Gasteiger charge is 2.38. The Hall–Kier alpha value is -1.22. The van der Waals surface area contributed by atoms with Crippen LogP contribution in [-0.2, 0) is 0 Å². The SMILES string of the molecule is O=C(c1ccc(F)cc1)C1CC2CCCCC2N1. The van der Waals surface area contributed by atoms with Crippen LogP contribution in [0.1, 0.15) is 42.5 Å². The number of ketones is 1. The summed E-state index contributed by atoms with van der Waals surface area (Å²) in [6, 6.07) is 6.34. The molecule has 0 amide bonds. The quantitative estimate of drug-likeness (QED) is 0.814. The van der Waals surface area contributed by atoms with Crippen molar-refractivity contribution in [3.05, 3.63) is 35.6 Å². The van der Waals surface area contributed by atoms with Crippen LogP contribution in [0.15, 0.2) is 24.3 Å². The van der Waals surface area contributed by atoms with Crippen molar-refractivity contribution in [3.63, 3.8) is 0 Å². The summed E-state index contributed by atoms with van der Waals surface area (Å²) >= 11 is 0. The van der Waals surface area contributed by atoms with Crippen LogP contribution in [0, 0.1) is 11.7 Å². The zero-order valence-corrected chi connectivity index (χ0v) is 10.4. The summed E-state index contributed by atoms with van der Waals surface area (Å²) in [5.41, 5.74) is 0.618. The Morgan fingerprint density at radius 1 is 1.17 bits per heavy atom. The van der Waals surface area contributed by atoms with Gasteiger partial charge in [0.25, 0.3) is 0 Å². The van der Waals surface area contributed by atoms with Crippen LogP contribution in [-0.4, -0.2) is 17.9 Å². The van der Waals surface area contributed by atoms with Crippen molar-refractivity contribution in [3.8, 4) is 0 Å². The van der Waals surface area contributed by atoms with E-state index in [1.807, 2.05) is 0 Å². The molecule has 3 heteroatoms. The van der Waals surface area contributed by atoms with E-state index in [0.29, 0.717) is 17.5 Å². The molecule has 0 bridgehead atoms. The standard InChI is InChI=1S/C15H18FNO/c16-12-7-5-10(6-8-12)15(18)14-9-11-3-1-2-4-13(11)17-14/h5-8,11,13-14,17H,1-4,9H2. The molecule has 1 saturated heterocycles. The average Bonchev–Trinajstić information content (AvgIpc) is 2.82. The Bertz CT molecular complexity index is 428. The van der Waals surface area contributed by atoms with E-state index < -0.39 is 0 Å². The van der Waals surface area contributed by atoms with Gasteiger partial charge in [0.1, 0.15) is 5.82 Å². The normalized spacial score (nSPS) is 31.1. The fraction of sp³-hybridized carbons (Fsp3) is 0.533. The molecular weight excluding hydrogens is 229 g/mol. The van der Waals surface area contributed by atoms with Gasteiger partial charge in [-0.15, -0.1) is 0 Å². The van der Waals surface area contributed by atoms with Gasteiger partial charge in [0, 0.05) is 11.6 Å². The van der Waals surface area contributed by atoms with Crippen LogP contribution in [0.2, 0.25) is 0 Å². The molecule has 1 aliphatic carbocycles. The Labute approximate surface area is 107 Å². The molecule has 1 aliphatic heterocycles. The smallest absolute Gasteiger partial charge is 0.179 e. The maximum Gasteiger partial charge on any atom is 0.179 e. The number of Topliss-reactive ketones (excluding diaryl/α,β-unsaturated/α-hetero) is 1. The Kier molecular flexibility index (Phi) is 3.16. The van der Waals surface area contributed by atoms with Gasteiger partial charge in [-0.25, -0.2) is 4.39 Å². The van der Waals surface area contributed by atoms with Gasteiger partial charge in [0.05, 0.1) is 6.04 Å². The van der Waals surface area contributed by atoms with Gasteiger partial charge in [0.15, 0.2) is 5.78 Å². The lowest BCUT2D eigenvalue weighted by molar-refractivity contribution is 0.0949. The second kappa shape index (κ2) is 4.81. The molecule has 3 atom stereocenters. The van der Waals surface area contributed by atoms with Crippen molar-refractivity contribution in [1.29, 1.82) is 0 Å². The molecule has 0 radical (unpaired) electrons. The molecule has 3 unspecified atom stereocenters. The number of carbonyl (C=O) groups is 1. The Balaban J connectivity index is 1.72. The van der Waals surface area contributed by atoms with Crippen molar-refractivity contribution >= 4 is 5.78 Å². The molecule has 0 spiro atoms. The van der Waals surface area contributed by atoms with Crippen LogP contribution in [0.4, 0.5) is 4.39 Å². The fourth-order valence-corrected chi connectivity index (χ4v) is 3.34. The van der Waals surface area contributed by atoms with Crippen molar-refractivity contribution < 1.29 is 9.18 Å². The second-order valence-corrected chi connectivity index (χ2v) is 5.48. The first kappa shape index (κ1) is 11.8. The van der Waals surface area contributed by atoms with E-state index in [9.17, 15) is 9.18 Å². The van der Waals surface area contributed by atoms with E-state index in [0.717, 1.165) is 6.42 Å². The lowest BCUT2D eigenvalue weighted by Gasteiger charge is -2.24. The van der Waals surface area contributed by atoms with Gasteiger partial charge in [-0.2, -0.15) is 0 Å². The molecule has 1 aromatic rings. The third-order valence-corrected chi connectivity index (χ3v) is 4.31. The van der Waals surface area contributed by atoms with Crippen LogP contribution in [0.3, 0.4) is 0 Å². The van der Waals surface area contributed by atoms with Crippen molar-refractivity contribution in [1.82, 2.24) is 5.32 Å². The molecule has 96 valence electrons. The number of carbonyl (C=O) groups excluding carboxylic acids is 1. The minimum Gasteiger partial charge on any atom is -0.304 e. The third-order valence-electron chi connectivity index (χ3n) is 4.31. The first-order chi connectivity index (χ1) is 8.74. The minimum absolute atomic E-state index is 0.0661. The van der Waals surface area contributed by atoms with E-state index in [4.69, 9.17) is 0 Å². The summed E-state index contributed by atoms with van der Waals surface area (Å²) in [7, 11) is 0. The Morgan fingerprint density at radius 3 is 2.61 bits per heavy atom. The number of hydrogen-bond acceptors (Lipinski definition) is 2. The predicted molar refractivity (Wildman–Crippen MR) is 68.0 cm³/mol. The third kappa shape index (κ3) is 2.19. The molecule has 18 heavy (non-hydrogen) atoms. The topological polar surface area (TPSA) is 29.1 Å². The molecule has 3 rings (SSSR count). The van der Waals surface area contributed by atoms with Crippen LogP contribution >= 0.6 is 0 Å². The van der Waals surface area contributed by atoms with Gasteiger partial charge in [-0.1, -0.05) is 12.8 Å². The van der Waals surface area contributed by atoms with E-state index >= 15 is 0 Å². The first-order valence-electron chi connectivity index (χ1n) is 6.80. The summed E-state index contributed by atoms with van der Waals surface area (Å²) in [6.45, 7) is 0. The summed E-state index contributed by atoms with van der Waals surface area (Å²) in [5.74, 6) is 0.483. The summed E-state index contributed by atoms with van der Waals surface area (Å²) in [4.78, 5) is 12.3. The summed E-state index contributed by atoms with van der Waals surface area (Å²) < 4.78 is 12.8. The number of hydrogen-bond donors (Lipinski definition) is 1. The van der Waals surface area contributed by atoms with Crippen molar-refractivity contribution in [2.24, 2.45) is 5.92 Å². The summed E-state index contributed by atoms with van der Waals surface area (Å²) in [5, 5.41) is 3.46. The highest BCUT2D eigenvalue weighted by atomic mass is 19.1. The molecule has 2 fully saturated rings. The largest absolute Gasteiger partial charge is 0.304 e. The van der Waals surface area contributed by atoms with Gasteiger partial charge in [-0.05, 0) is 49.4 Å². The van der Waals surface area contributed by atoms with Gasteiger partial charge < -0.3 is 5.32 Å². The van der Waals surface area contributed by atoms with Crippen LogP contribution < -0.4 is 5.32 Å². The number of benzene rings is 1. The zero-order chi connectivity index (χ0) is 12.5. The van der Waals surface area contributed by atoms with Gasteiger partial charge in [-0.3, -0.25) is 4.79 Å². The van der Waals surface area contributed by atoms with Gasteiger partial charge >= 0.3 is 0 Å². The van der Waals surface area contributed by atoms with Crippen LogP contribution in [0.5, 0.6) is 0 Å². The molecule has 2 aliphatic rings. The molecule has 2 nitrogen and oxygen atoms in total. The molecule has 0 aromatic heterocycles. The van der Waals surface area contributed by atoms with Crippen LogP contribution in [0.25, 0.3) is 0 Å². The minimum atomic E-state index is -0.292. The summed E-state index contributed by atoms with van der Waals surface area (Å²) in [6.07, 6.45) is 5.94. The lowest BCUT2D eigenvalue weighted by atomic mass is 9.84. The van der Waals surface area contributed by atoms with Crippen molar-refractivity contribution in [2.75, 3.05) is 0 Å². The molecule has 1 heterocycles. The number of nitrogens with one attached hydrogen (secondary N) is 1. The lowest BCUT2D eigenvalue weighted by Crippen LogP contribution is -2.37. The molecular formula is C15H18FNO. The molecule has 1 aromatic carbocycles. The number of fused-ring (bicyclic) bond motifs is 1. The molecule has 1 saturated carbocycles. The maximum absolute atomic E-state index is 12.8. The van der Waals surface area contributed by atoms with E-state index in [1.165, 1.54) is 37.8 Å². The average molecular weight is 247 g/mol. The molecule has 1 N–H and O–H groups in total. The van der Waals surface area contributed by atoms with E-state index in [2.05, 4.69) is 5.32 Å². The number of rotatable bonds is 2. The van der Waals surface area contributed by atoms with E-state index in [1.54, 1.807) is 12.1 Å². The van der Waals surface area contributed by atoms with Crippen molar-refractivity contribution in [2.45, 2.75) is 44.2 Å². The van der Waals surface area contributed by atoms with Gasteiger partial charge in [0.2, 0.25) is 0 Å².